The highest BCUT2D eigenvalue weighted by Gasteiger charge is 2.58. The number of hydrogen-bond donors (Lipinski definition) is 1. The molecule has 2 atom stereocenters. The third kappa shape index (κ3) is 2.55. The van der Waals surface area contributed by atoms with Crippen molar-refractivity contribution >= 4 is 22.7 Å². The zero-order valence-corrected chi connectivity index (χ0v) is 18.0. The fraction of sp³-hybridized carbons (Fsp3) is 0.385. The summed E-state index contributed by atoms with van der Waals surface area (Å²) in [5.41, 5.74) is 4.58. The van der Waals surface area contributed by atoms with E-state index in [0.717, 1.165) is 41.4 Å². The van der Waals surface area contributed by atoms with E-state index in [9.17, 15) is 9.59 Å². The lowest BCUT2D eigenvalue weighted by molar-refractivity contribution is -0.166. The van der Waals surface area contributed by atoms with E-state index in [2.05, 4.69) is 48.3 Å². The molecular weight excluding hydrogens is 386 g/mol. The lowest BCUT2D eigenvalue weighted by Crippen LogP contribution is -2.67. The van der Waals surface area contributed by atoms with Gasteiger partial charge in [0.1, 0.15) is 6.54 Å². The van der Waals surface area contributed by atoms with Crippen LogP contribution in [0.1, 0.15) is 55.0 Å². The van der Waals surface area contributed by atoms with Crippen molar-refractivity contribution in [2.75, 3.05) is 13.1 Å². The van der Waals surface area contributed by atoms with Gasteiger partial charge < -0.3 is 14.8 Å². The van der Waals surface area contributed by atoms with Gasteiger partial charge in [-0.25, -0.2) is 0 Å². The zero-order valence-electron chi connectivity index (χ0n) is 18.0. The molecule has 0 spiro atoms. The molecule has 6 rings (SSSR count). The van der Waals surface area contributed by atoms with Crippen LogP contribution in [0.15, 0.2) is 48.5 Å². The van der Waals surface area contributed by atoms with Crippen molar-refractivity contribution in [2.45, 2.75) is 50.6 Å². The molecule has 2 aliphatic heterocycles. The number of H-pyrrole nitrogens is 1. The smallest absolute Gasteiger partial charge is 0.255 e. The number of aryl methyl sites for hydroxylation is 1. The van der Waals surface area contributed by atoms with Gasteiger partial charge in [0.2, 0.25) is 5.91 Å². The number of carbonyl (C=O) groups is 2. The minimum Gasteiger partial charge on any atom is -0.356 e. The Kier molecular flexibility index (Phi) is 3.89. The van der Waals surface area contributed by atoms with Crippen LogP contribution in [0.4, 0.5) is 0 Å². The maximum absolute atomic E-state index is 13.8. The lowest BCUT2D eigenvalue weighted by atomic mass is 9.76. The van der Waals surface area contributed by atoms with E-state index in [4.69, 9.17) is 0 Å². The van der Waals surface area contributed by atoms with Gasteiger partial charge in [0.05, 0.1) is 5.69 Å². The highest BCUT2D eigenvalue weighted by Crippen LogP contribution is 2.49. The van der Waals surface area contributed by atoms with Gasteiger partial charge in [0, 0.05) is 29.4 Å². The number of carbonyl (C=O) groups excluding carboxylic acids is 2. The van der Waals surface area contributed by atoms with Gasteiger partial charge in [-0.3, -0.25) is 9.59 Å². The molecule has 0 radical (unpaired) electrons. The highest BCUT2D eigenvalue weighted by atomic mass is 16.2. The second kappa shape index (κ2) is 6.46. The average Bonchev–Trinajstić information content (AvgIpc) is 3.56. The summed E-state index contributed by atoms with van der Waals surface area (Å²) in [6, 6.07) is 17.2. The second-order valence-electron chi connectivity index (χ2n) is 9.35. The molecule has 2 fully saturated rings. The first-order valence-corrected chi connectivity index (χ1v) is 11.3. The van der Waals surface area contributed by atoms with Crippen LogP contribution in [-0.2, 0) is 21.5 Å². The van der Waals surface area contributed by atoms with Crippen LogP contribution < -0.4 is 0 Å². The first-order valence-electron chi connectivity index (χ1n) is 11.3. The molecule has 31 heavy (non-hydrogen) atoms. The monoisotopic (exact) mass is 413 g/mol. The summed E-state index contributed by atoms with van der Waals surface area (Å²) in [7, 11) is 0. The van der Waals surface area contributed by atoms with Crippen molar-refractivity contribution in [1.29, 1.82) is 0 Å². The SMILES string of the molecule is CCc1ccc(C2CN3C(=O)CN(C4CC4)C(=O)[C@]3(C)c3[nH]c4ccccc4c32)cc1. The van der Waals surface area contributed by atoms with Crippen molar-refractivity contribution in [3.8, 4) is 0 Å². The second-order valence-corrected chi connectivity index (χ2v) is 9.35. The van der Waals surface area contributed by atoms with Gasteiger partial charge in [-0.1, -0.05) is 49.4 Å². The number of amides is 2. The van der Waals surface area contributed by atoms with Crippen LogP contribution in [-0.4, -0.2) is 45.7 Å². The predicted molar refractivity (Wildman–Crippen MR) is 120 cm³/mol. The van der Waals surface area contributed by atoms with Gasteiger partial charge in [-0.15, -0.1) is 0 Å². The predicted octanol–water partition coefficient (Wildman–Crippen LogP) is 3.92. The number of rotatable bonds is 3. The molecule has 1 unspecified atom stereocenters. The van der Waals surface area contributed by atoms with Crippen molar-refractivity contribution in [3.05, 3.63) is 70.9 Å². The van der Waals surface area contributed by atoms with Crippen LogP contribution in [0.25, 0.3) is 10.9 Å². The maximum atomic E-state index is 13.8. The summed E-state index contributed by atoms with van der Waals surface area (Å²) in [4.78, 5) is 34.4. The molecule has 3 heterocycles. The molecule has 2 aromatic carbocycles. The van der Waals surface area contributed by atoms with Crippen LogP contribution >= 0.6 is 0 Å². The number of nitrogens with zero attached hydrogens (tertiary/aromatic N) is 2. The van der Waals surface area contributed by atoms with Crippen LogP contribution in [0.5, 0.6) is 0 Å². The van der Waals surface area contributed by atoms with Gasteiger partial charge >= 0.3 is 0 Å². The Balaban J connectivity index is 1.57. The molecule has 1 aliphatic carbocycles. The molecular formula is C26H27N3O2. The first-order chi connectivity index (χ1) is 15.0. The van der Waals surface area contributed by atoms with E-state index in [1.807, 2.05) is 28.9 Å². The van der Waals surface area contributed by atoms with Crippen molar-refractivity contribution in [2.24, 2.45) is 0 Å². The third-order valence-electron chi connectivity index (χ3n) is 7.55. The quantitative estimate of drug-likeness (QED) is 0.708. The Morgan fingerprint density at radius 3 is 2.52 bits per heavy atom. The molecule has 1 N–H and O–H groups in total. The van der Waals surface area contributed by atoms with E-state index >= 15 is 0 Å². The molecule has 2 amide bonds. The van der Waals surface area contributed by atoms with E-state index in [1.165, 1.54) is 11.1 Å². The molecule has 1 saturated heterocycles. The lowest BCUT2D eigenvalue weighted by Gasteiger charge is -2.51. The summed E-state index contributed by atoms with van der Waals surface area (Å²) in [5, 5.41) is 1.15. The average molecular weight is 414 g/mol. The molecule has 1 saturated carbocycles. The largest absolute Gasteiger partial charge is 0.356 e. The zero-order chi connectivity index (χ0) is 21.3. The van der Waals surface area contributed by atoms with E-state index in [0.29, 0.717) is 6.54 Å². The van der Waals surface area contributed by atoms with Crippen molar-refractivity contribution in [1.82, 2.24) is 14.8 Å². The topological polar surface area (TPSA) is 56.4 Å². The summed E-state index contributed by atoms with van der Waals surface area (Å²) < 4.78 is 0. The Labute approximate surface area is 182 Å². The Hall–Kier alpha value is -3.08. The molecule has 3 aromatic rings. The Morgan fingerprint density at radius 2 is 1.81 bits per heavy atom. The minimum absolute atomic E-state index is 0.0364. The highest BCUT2D eigenvalue weighted by molar-refractivity contribution is 6.01. The van der Waals surface area contributed by atoms with Crippen LogP contribution in [0.3, 0.4) is 0 Å². The summed E-state index contributed by atoms with van der Waals surface area (Å²) in [5.74, 6) is 0.144. The third-order valence-corrected chi connectivity index (χ3v) is 7.55. The molecule has 3 aliphatic rings. The van der Waals surface area contributed by atoms with Gasteiger partial charge in [-0.05, 0) is 48.9 Å². The first kappa shape index (κ1) is 18.7. The summed E-state index contributed by atoms with van der Waals surface area (Å²) in [6.45, 7) is 4.82. The van der Waals surface area contributed by atoms with E-state index < -0.39 is 5.54 Å². The number of benzene rings is 2. The number of hydrogen-bond acceptors (Lipinski definition) is 2. The molecule has 5 nitrogen and oxygen atoms in total. The number of para-hydroxylation sites is 1. The molecule has 1 aromatic heterocycles. The Bertz CT molecular complexity index is 1210. The Morgan fingerprint density at radius 1 is 1.06 bits per heavy atom. The normalized spacial score (nSPS) is 25.7. The summed E-state index contributed by atoms with van der Waals surface area (Å²) >= 11 is 0. The standard InChI is InChI=1S/C26H27N3O2/c1-3-16-8-10-17(11-9-16)20-14-29-22(30)15-28(18-12-13-18)25(31)26(29,2)24-23(20)19-6-4-5-7-21(19)27-24/h4-11,18,20,27H,3,12-15H2,1-2H3/t20?,26-/m0/s1. The fourth-order valence-corrected chi connectivity index (χ4v) is 5.60. The molecule has 0 bridgehead atoms. The number of nitrogens with one attached hydrogen (secondary N) is 1. The van der Waals surface area contributed by atoms with Crippen molar-refractivity contribution in [3.63, 3.8) is 0 Å². The van der Waals surface area contributed by atoms with E-state index in [-0.39, 0.29) is 30.3 Å². The fourth-order valence-electron chi connectivity index (χ4n) is 5.60. The number of fused-ring (bicyclic) bond motifs is 5. The van der Waals surface area contributed by atoms with Crippen molar-refractivity contribution < 1.29 is 9.59 Å². The minimum atomic E-state index is -0.980. The molecule has 5 heteroatoms. The van der Waals surface area contributed by atoms with E-state index in [1.54, 1.807) is 0 Å². The summed E-state index contributed by atoms with van der Waals surface area (Å²) in [6.07, 6.45) is 3.00. The van der Waals surface area contributed by atoms with Crippen LogP contribution in [0.2, 0.25) is 0 Å². The van der Waals surface area contributed by atoms with Crippen LogP contribution in [0, 0.1) is 0 Å². The van der Waals surface area contributed by atoms with Gasteiger partial charge in [0.15, 0.2) is 5.54 Å². The number of piperazine rings is 1. The number of aromatic nitrogens is 1. The molecule has 158 valence electrons. The maximum Gasteiger partial charge on any atom is 0.255 e. The van der Waals surface area contributed by atoms with Gasteiger partial charge in [0.25, 0.3) is 5.91 Å². The number of aromatic amines is 1. The van der Waals surface area contributed by atoms with Gasteiger partial charge in [-0.2, -0.15) is 0 Å².